The average Bonchev–Trinajstić information content (AvgIpc) is 1.83. The van der Waals surface area contributed by atoms with Crippen LogP contribution in [0.15, 0.2) is 0 Å². The van der Waals surface area contributed by atoms with Crippen LogP contribution in [0.25, 0.3) is 0 Å². The van der Waals surface area contributed by atoms with Crippen molar-refractivity contribution in [3.8, 4) is 0 Å². The van der Waals surface area contributed by atoms with Gasteiger partial charge in [-0.25, -0.2) is 0 Å². The number of rotatable bonds is 0. The molecule has 2 atom stereocenters. The maximum absolute atomic E-state index is 9.11. The van der Waals surface area contributed by atoms with Crippen molar-refractivity contribution in [1.82, 2.24) is 4.90 Å². The zero-order chi connectivity index (χ0) is 6.85. The molecule has 1 rings (SSSR count). The van der Waals surface area contributed by atoms with E-state index in [1.165, 1.54) is 0 Å². The maximum atomic E-state index is 9.11. The fourth-order valence-corrected chi connectivity index (χ4v) is 1.09. The number of piperidine rings is 1. The van der Waals surface area contributed by atoms with Crippen molar-refractivity contribution in [2.45, 2.75) is 31.7 Å². The lowest BCUT2D eigenvalue weighted by atomic mass is 10.1. The summed E-state index contributed by atoms with van der Waals surface area (Å²) >= 11 is 0. The third kappa shape index (κ3) is 1.41. The Hall–Kier alpha value is -0.120. The van der Waals surface area contributed by atoms with E-state index < -0.39 is 12.5 Å². The second-order valence-corrected chi connectivity index (χ2v) is 2.56. The van der Waals surface area contributed by atoms with Gasteiger partial charge in [0.1, 0.15) is 12.5 Å². The summed E-state index contributed by atoms with van der Waals surface area (Å²) in [5.74, 6) is 0. The van der Waals surface area contributed by atoms with Crippen molar-refractivity contribution in [3.63, 3.8) is 0 Å². The van der Waals surface area contributed by atoms with Gasteiger partial charge in [-0.3, -0.25) is 4.90 Å². The Bertz CT molecular complexity index is 87.1. The molecule has 0 bridgehead atoms. The standard InChI is InChI=1S/C6H13NO2/c1-7-5(8)3-2-4-6(7)9/h5-6,8-9H,2-4H2,1H3. The number of hydrogen-bond donors (Lipinski definition) is 2. The number of likely N-dealkylation sites (tertiary alicyclic amines) is 1. The smallest absolute Gasteiger partial charge is 0.109 e. The third-order valence-corrected chi connectivity index (χ3v) is 1.86. The van der Waals surface area contributed by atoms with Crippen LogP contribution in [0, 0.1) is 0 Å². The Balaban J connectivity index is 2.41. The summed E-state index contributed by atoms with van der Waals surface area (Å²) in [6.07, 6.45) is 1.62. The van der Waals surface area contributed by atoms with E-state index in [1.54, 1.807) is 11.9 Å². The van der Waals surface area contributed by atoms with E-state index in [0.717, 1.165) is 19.3 Å². The van der Waals surface area contributed by atoms with Crippen LogP contribution in [0.3, 0.4) is 0 Å². The van der Waals surface area contributed by atoms with Gasteiger partial charge in [0.05, 0.1) is 0 Å². The Morgan fingerprint density at radius 3 is 2.00 bits per heavy atom. The van der Waals surface area contributed by atoms with Crippen molar-refractivity contribution >= 4 is 0 Å². The summed E-state index contributed by atoms with van der Waals surface area (Å²) in [4.78, 5) is 1.59. The highest BCUT2D eigenvalue weighted by atomic mass is 16.3. The fourth-order valence-electron chi connectivity index (χ4n) is 1.09. The molecular formula is C6H13NO2. The molecule has 2 N–H and O–H groups in total. The summed E-state index contributed by atoms with van der Waals surface area (Å²) in [5.41, 5.74) is 0. The van der Waals surface area contributed by atoms with Gasteiger partial charge in [0, 0.05) is 0 Å². The van der Waals surface area contributed by atoms with Crippen LogP contribution in [-0.2, 0) is 0 Å². The van der Waals surface area contributed by atoms with Crippen LogP contribution in [0.5, 0.6) is 0 Å². The lowest BCUT2D eigenvalue weighted by molar-refractivity contribution is -0.115. The van der Waals surface area contributed by atoms with Crippen molar-refractivity contribution in [2.24, 2.45) is 0 Å². The Kier molecular flexibility index (Phi) is 2.05. The molecule has 3 heteroatoms. The molecule has 1 fully saturated rings. The second kappa shape index (κ2) is 2.64. The van der Waals surface area contributed by atoms with Crippen LogP contribution in [0.1, 0.15) is 19.3 Å². The molecule has 3 nitrogen and oxygen atoms in total. The molecule has 0 radical (unpaired) electrons. The van der Waals surface area contributed by atoms with Gasteiger partial charge in [-0.15, -0.1) is 0 Å². The minimum absolute atomic E-state index is 0.436. The van der Waals surface area contributed by atoms with Crippen LogP contribution in [0.4, 0.5) is 0 Å². The first-order valence-electron chi connectivity index (χ1n) is 3.30. The van der Waals surface area contributed by atoms with Gasteiger partial charge in [0.15, 0.2) is 0 Å². The van der Waals surface area contributed by atoms with Crippen LogP contribution >= 0.6 is 0 Å². The van der Waals surface area contributed by atoms with Gasteiger partial charge in [-0.2, -0.15) is 0 Å². The minimum Gasteiger partial charge on any atom is -0.378 e. The predicted molar refractivity (Wildman–Crippen MR) is 33.6 cm³/mol. The number of aliphatic hydroxyl groups excluding tert-OH is 2. The number of aliphatic hydroxyl groups is 2. The lowest BCUT2D eigenvalue weighted by Crippen LogP contribution is -2.43. The van der Waals surface area contributed by atoms with Gasteiger partial charge in [-0.1, -0.05) is 0 Å². The average molecular weight is 131 g/mol. The van der Waals surface area contributed by atoms with Crippen molar-refractivity contribution in [3.05, 3.63) is 0 Å². The predicted octanol–water partition coefficient (Wildman–Crippen LogP) is -0.261. The van der Waals surface area contributed by atoms with E-state index in [2.05, 4.69) is 0 Å². The first kappa shape index (κ1) is 6.99. The van der Waals surface area contributed by atoms with Crippen LogP contribution in [0.2, 0.25) is 0 Å². The molecule has 54 valence electrons. The number of nitrogens with zero attached hydrogens (tertiary/aromatic N) is 1. The van der Waals surface area contributed by atoms with E-state index in [9.17, 15) is 0 Å². The van der Waals surface area contributed by atoms with E-state index in [-0.39, 0.29) is 0 Å². The zero-order valence-electron chi connectivity index (χ0n) is 5.62. The highest BCUT2D eigenvalue weighted by molar-refractivity contribution is 4.67. The van der Waals surface area contributed by atoms with Crippen LogP contribution < -0.4 is 0 Å². The molecular weight excluding hydrogens is 118 g/mol. The SMILES string of the molecule is CN1C(O)CCCC1O. The van der Waals surface area contributed by atoms with E-state index in [0.29, 0.717) is 0 Å². The topological polar surface area (TPSA) is 43.7 Å². The molecule has 2 unspecified atom stereocenters. The molecule has 1 aliphatic heterocycles. The summed E-state index contributed by atoms with van der Waals surface area (Å²) in [7, 11) is 1.73. The van der Waals surface area contributed by atoms with Gasteiger partial charge in [0.25, 0.3) is 0 Å². The van der Waals surface area contributed by atoms with Gasteiger partial charge >= 0.3 is 0 Å². The summed E-state index contributed by atoms with van der Waals surface area (Å²) in [6, 6.07) is 0. The molecule has 1 aliphatic rings. The molecule has 0 spiro atoms. The molecule has 9 heavy (non-hydrogen) atoms. The quantitative estimate of drug-likeness (QED) is 0.476. The Morgan fingerprint density at radius 1 is 1.22 bits per heavy atom. The monoisotopic (exact) mass is 131 g/mol. The Morgan fingerprint density at radius 2 is 1.67 bits per heavy atom. The molecule has 0 amide bonds. The molecule has 1 saturated heterocycles. The molecule has 0 aromatic heterocycles. The van der Waals surface area contributed by atoms with Gasteiger partial charge in [0.2, 0.25) is 0 Å². The zero-order valence-corrected chi connectivity index (χ0v) is 5.62. The fraction of sp³-hybridized carbons (Fsp3) is 1.00. The van der Waals surface area contributed by atoms with E-state index in [4.69, 9.17) is 10.2 Å². The van der Waals surface area contributed by atoms with Gasteiger partial charge < -0.3 is 10.2 Å². The van der Waals surface area contributed by atoms with Crippen molar-refractivity contribution < 1.29 is 10.2 Å². The number of hydrogen-bond acceptors (Lipinski definition) is 3. The second-order valence-electron chi connectivity index (χ2n) is 2.56. The normalized spacial score (nSPS) is 39.0. The lowest BCUT2D eigenvalue weighted by Gasteiger charge is -2.32. The molecule has 1 heterocycles. The largest absolute Gasteiger partial charge is 0.378 e. The molecule has 0 aromatic rings. The van der Waals surface area contributed by atoms with Gasteiger partial charge in [-0.05, 0) is 26.3 Å². The first-order valence-corrected chi connectivity index (χ1v) is 3.30. The summed E-state index contributed by atoms with van der Waals surface area (Å²) in [5, 5.41) is 18.2. The highest BCUT2D eigenvalue weighted by Gasteiger charge is 2.23. The molecule has 0 saturated carbocycles. The van der Waals surface area contributed by atoms with E-state index >= 15 is 0 Å². The summed E-state index contributed by atoms with van der Waals surface area (Å²) in [6.45, 7) is 0. The van der Waals surface area contributed by atoms with Crippen molar-refractivity contribution in [1.29, 1.82) is 0 Å². The maximum Gasteiger partial charge on any atom is 0.109 e. The van der Waals surface area contributed by atoms with E-state index in [1.807, 2.05) is 0 Å². The molecule has 0 aromatic carbocycles. The third-order valence-electron chi connectivity index (χ3n) is 1.86. The van der Waals surface area contributed by atoms with Crippen LogP contribution in [-0.4, -0.2) is 34.6 Å². The highest BCUT2D eigenvalue weighted by Crippen LogP contribution is 2.16. The minimum atomic E-state index is -0.436. The van der Waals surface area contributed by atoms with Crippen molar-refractivity contribution in [2.75, 3.05) is 7.05 Å². The Labute approximate surface area is 54.9 Å². The molecule has 0 aliphatic carbocycles. The first-order chi connectivity index (χ1) is 4.22. The summed E-state index contributed by atoms with van der Waals surface area (Å²) < 4.78 is 0.